The zero-order chi connectivity index (χ0) is 22.2. The van der Waals surface area contributed by atoms with Crippen LogP contribution in [0, 0.1) is 0 Å². The SMILES string of the molecule is CCOC(=O)Cc1csc(NC(=O)c2ccccc2Nc2ccc(OC(F)F)cc2)n1. The van der Waals surface area contributed by atoms with Gasteiger partial charge in [-0.25, -0.2) is 4.98 Å². The number of hydrogen-bond donors (Lipinski definition) is 2. The average Bonchev–Trinajstić information content (AvgIpc) is 3.16. The summed E-state index contributed by atoms with van der Waals surface area (Å²) in [4.78, 5) is 28.5. The van der Waals surface area contributed by atoms with E-state index in [1.807, 2.05) is 0 Å². The average molecular weight is 447 g/mol. The molecule has 1 amide bonds. The highest BCUT2D eigenvalue weighted by atomic mass is 32.1. The highest BCUT2D eigenvalue weighted by Crippen LogP contribution is 2.25. The molecule has 0 saturated carbocycles. The molecule has 0 unspecified atom stereocenters. The quantitative estimate of drug-likeness (QED) is 0.456. The Morgan fingerprint density at radius 2 is 1.87 bits per heavy atom. The predicted octanol–water partition coefficient (Wildman–Crippen LogP) is 4.85. The van der Waals surface area contributed by atoms with Gasteiger partial charge in [-0.1, -0.05) is 12.1 Å². The van der Waals surface area contributed by atoms with Crippen LogP contribution in [-0.2, 0) is 16.0 Å². The maximum Gasteiger partial charge on any atom is 0.387 e. The van der Waals surface area contributed by atoms with Crippen LogP contribution >= 0.6 is 11.3 Å². The number of aromatic nitrogens is 1. The second-order valence-corrected chi connectivity index (χ2v) is 7.01. The predicted molar refractivity (Wildman–Crippen MR) is 113 cm³/mol. The second-order valence-electron chi connectivity index (χ2n) is 6.15. The van der Waals surface area contributed by atoms with Crippen LogP contribution in [0.25, 0.3) is 0 Å². The first-order valence-corrected chi connectivity index (χ1v) is 10.1. The van der Waals surface area contributed by atoms with Gasteiger partial charge in [-0.15, -0.1) is 11.3 Å². The van der Waals surface area contributed by atoms with E-state index >= 15 is 0 Å². The van der Waals surface area contributed by atoms with E-state index in [1.54, 1.807) is 48.7 Å². The van der Waals surface area contributed by atoms with Crippen LogP contribution < -0.4 is 15.4 Å². The molecule has 0 atom stereocenters. The smallest absolute Gasteiger partial charge is 0.387 e. The summed E-state index contributed by atoms with van der Waals surface area (Å²) in [6.45, 7) is -0.883. The van der Waals surface area contributed by atoms with Crippen molar-refractivity contribution in [1.29, 1.82) is 0 Å². The van der Waals surface area contributed by atoms with Crippen molar-refractivity contribution < 1.29 is 27.8 Å². The molecule has 0 bridgehead atoms. The molecule has 7 nitrogen and oxygen atoms in total. The summed E-state index contributed by atoms with van der Waals surface area (Å²) in [5, 5.41) is 7.83. The molecule has 10 heteroatoms. The maximum atomic E-state index is 12.8. The molecule has 0 aliphatic carbocycles. The van der Waals surface area contributed by atoms with E-state index in [2.05, 4.69) is 20.4 Å². The minimum Gasteiger partial charge on any atom is -0.466 e. The first-order chi connectivity index (χ1) is 14.9. The van der Waals surface area contributed by atoms with Crippen molar-refractivity contribution in [1.82, 2.24) is 4.98 Å². The van der Waals surface area contributed by atoms with Gasteiger partial charge in [0, 0.05) is 11.1 Å². The molecule has 0 aliphatic rings. The van der Waals surface area contributed by atoms with E-state index in [0.29, 0.717) is 27.8 Å². The molecule has 31 heavy (non-hydrogen) atoms. The summed E-state index contributed by atoms with van der Waals surface area (Å²) in [5.74, 6) is -0.739. The summed E-state index contributed by atoms with van der Waals surface area (Å²) in [6, 6.07) is 12.8. The monoisotopic (exact) mass is 447 g/mol. The van der Waals surface area contributed by atoms with Crippen molar-refractivity contribution in [3.63, 3.8) is 0 Å². The molecule has 1 heterocycles. The van der Waals surface area contributed by atoms with E-state index in [-0.39, 0.29) is 24.7 Å². The number of rotatable bonds is 9. The first-order valence-electron chi connectivity index (χ1n) is 9.27. The van der Waals surface area contributed by atoms with E-state index < -0.39 is 12.5 Å². The number of benzene rings is 2. The first kappa shape index (κ1) is 22.2. The molecular formula is C21H19F2N3O4S. The molecule has 3 rings (SSSR count). The van der Waals surface area contributed by atoms with Crippen molar-refractivity contribution in [3.05, 3.63) is 65.2 Å². The number of para-hydroxylation sites is 1. The van der Waals surface area contributed by atoms with Crippen molar-refractivity contribution >= 4 is 39.7 Å². The van der Waals surface area contributed by atoms with Crippen molar-refractivity contribution in [3.8, 4) is 5.75 Å². The Balaban J connectivity index is 1.68. The molecule has 0 saturated heterocycles. The van der Waals surface area contributed by atoms with E-state index in [0.717, 1.165) is 0 Å². The summed E-state index contributed by atoms with van der Waals surface area (Å²) >= 11 is 1.20. The van der Waals surface area contributed by atoms with E-state index in [1.165, 1.54) is 23.5 Å². The number of nitrogens with zero attached hydrogens (tertiary/aromatic N) is 1. The van der Waals surface area contributed by atoms with Gasteiger partial charge < -0.3 is 14.8 Å². The number of esters is 1. The van der Waals surface area contributed by atoms with Crippen LogP contribution in [0.1, 0.15) is 23.0 Å². The number of alkyl halides is 2. The molecule has 1 aromatic heterocycles. The maximum absolute atomic E-state index is 12.8. The van der Waals surface area contributed by atoms with Gasteiger partial charge in [0.2, 0.25) is 0 Å². The highest BCUT2D eigenvalue weighted by molar-refractivity contribution is 7.14. The Bertz CT molecular complexity index is 1040. The Kier molecular flexibility index (Phi) is 7.50. The topological polar surface area (TPSA) is 89.5 Å². The molecule has 0 spiro atoms. The van der Waals surface area contributed by atoms with Gasteiger partial charge in [0.05, 0.1) is 30.0 Å². The number of halogens is 2. The van der Waals surface area contributed by atoms with Gasteiger partial charge in [0.15, 0.2) is 5.13 Å². The van der Waals surface area contributed by atoms with Gasteiger partial charge in [-0.05, 0) is 43.3 Å². The third kappa shape index (κ3) is 6.48. The summed E-state index contributed by atoms with van der Waals surface area (Å²) in [6.07, 6.45) is 0.0314. The summed E-state index contributed by atoms with van der Waals surface area (Å²) in [7, 11) is 0. The van der Waals surface area contributed by atoms with Gasteiger partial charge >= 0.3 is 12.6 Å². The number of ether oxygens (including phenoxy) is 2. The fourth-order valence-corrected chi connectivity index (χ4v) is 3.34. The molecule has 0 fully saturated rings. The lowest BCUT2D eigenvalue weighted by Gasteiger charge is -2.12. The number of carbonyl (C=O) groups is 2. The third-order valence-corrected chi connectivity index (χ3v) is 4.74. The highest BCUT2D eigenvalue weighted by Gasteiger charge is 2.15. The summed E-state index contributed by atoms with van der Waals surface area (Å²) < 4.78 is 33.8. The minimum atomic E-state index is -2.90. The fourth-order valence-electron chi connectivity index (χ4n) is 2.64. The summed E-state index contributed by atoms with van der Waals surface area (Å²) in [5.41, 5.74) is 1.98. The van der Waals surface area contributed by atoms with Gasteiger partial charge in [-0.2, -0.15) is 8.78 Å². The number of hydrogen-bond acceptors (Lipinski definition) is 7. The fraction of sp³-hybridized carbons (Fsp3) is 0.190. The van der Waals surface area contributed by atoms with Gasteiger partial charge in [0.25, 0.3) is 5.91 Å². The van der Waals surface area contributed by atoms with Crippen molar-refractivity contribution in [2.24, 2.45) is 0 Å². The van der Waals surface area contributed by atoms with Gasteiger partial charge in [-0.3, -0.25) is 14.9 Å². The van der Waals surface area contributed by atoms with Crippen LogP contribution in [0.2, 0.25) is 0 Å². The molecule has 0 aliphatic heterocycles. The zero-order valence-corrected chi connectivity index (χ0v) is 17.2. The molecule has 2 N–H and O–H groups in total. The Hall–Kier alpha value is -3.53. The standard InChI is InChI=1S/C21H19F2N3O4S/c1-2-29-18(27)11-14-12-31-21(25-14)26-19(28)16-5-3-4-6-17(16)24-13-7-9-15(10-8-13)30-20(22)23/h3-10,12,20,24H,2,11H2,1H3,(H,25,26,28). The lowest BCUT2D eigenvalue weighted by molar-refractivity contribution is -0.142. The number of amides is 1. The van der Waals surface area contributed by atoms with Crippen molar-refractivity contribution in [2.75, 3.05) is 17.2 Å². The second kappa shape index (κ2) is 10.5. The zero-order valence-electron chi connectivity index (χ0n) is 16.4. The lowest BCUT2D eigenvalue weighted by atomic mass is 10.1. The number of anilines is 3. The number of thiazole rings is 1. The largest absolute Gasteiger partial charge is 0.466 e. The van der Waals surface area contributed by atoms with Crippen LogP contribution in [0.3, 0.4) is 0 Å². The van der Waals surface area contributed by atoms with Crippen molar-refractivity contribution in [2.45, 2.75) is 20.0 Å². The third-order valence-electron chi connectivity index (χ3n) is 3.93. The van der Waals surface area contributed by atoms with Crippen LogP contribution in [0.15, 0.2) is 53.9 Å². The molecular weight excluding hydrogens is 428 g/mol. The Morgan fingerprint density at radius 3 is 2.58 bits per heavy atom. The number of nitrogens with one attached hydrogen (secondary N) is 2. The number of carbonyl (C=O) groups excluding carboxylic acids is 2. The Morgan fingerprint density at radius 1 is 1.13 bits per heavy atom. The molecule has 0 radical (unpaired) electrons. The Labute approximate surface area is 181 Å². The normalized spacial score (nSPS) is 10.6. The van der Waals surface area contributed by atoms with Crippen LogP contribution in [0.5, 0.6) is 5.75 Å². The van der Waals surface area contributed by atoms with E-state index in [4.69, 9.17) is 4.74 Å². The van der Waals surface area contributed by atoms with Crippen LogP contribution in [-0.4, -0.2) is 30.1 Å². The molecule has 162 valence electrons. The van der Waals surface area contributed by atoms with Gasteiger partial charge in [0.1, 0.15) is 5.75 Å². The van der Waals surface area contributed by atoms with E-state index in [9.17, 15) is 18.4 Å². The van der Waals surface area contributed by atoms with Crippen LogP contribution in [0.4, 0.5) is 25.3 Å². The molecule has 2 aromatic carbocycles. The lowest BCUT2D eigenvalue weighted by Crippen LogP contribution is -2.14. The minimum absolute atomic E-state index is 0.0314. The molecule has 3 aromatic rings.